The van der Waals surface area contributed by atoms with E-state index >= 15 is 0 Å². The van der Waals surface area contributed by atoms with Crippen LogP contribution in [0.3, 0.4) is 0 Å². The number of H-pyrrole nitrogens is 1. The highest BCUT2D eigenvalue weighted by atomic mass is 19.4. The summed E-state index contributed by atoms with van der Waals surface area (Å²) in [5.41, 5.74) is 1.10. The molecular weight excluding hydrogens is 345 g/mol. The molecule has 0 bridgehead atoms. The fraction of sp³-hybridized carbons (Fsp3) is 0.111. The normalized spacial score (nSPS) is 11.4. The molecule has 0 amide bonds. The van der Waals surface area contributed by atoms with Gasteiger partial charge >= 0.3 is 6.18 Å². The summed E-state index contributed by atoms with van der Waals surface area (Å²) in [6.45, 7) is 5.54. The monoisotopic (exact) mass is 358 g/mol. The quantitative estimate of drug-likeness (QED) is 0.776. The Bertz CT molecular complexity index is 1020. The summed E-state index contributed by atoms with van der Waals surface area (Å²) >= 11 is 0. The van der Waals surface area contributed by atoms with E-state index < -0.39 is 11.7 Å². The van der Waals surface area contributed by atoms with Crippen LogP contribution in [0, 0.1) is 6.92 Å². The molecule has 0 saturated heterocycles. The highest BCUT2D eigenvalue weighted by Crippen LogP contribution is 2.31. The predicted octanol–water partition coefficient (Wildman–Crippen LogP) is 3.62. The second-order valence-corrected chi connectivity index (χ2v) is 5.56. The highest BCUT2D eigenvalue weighted by molar-refractivity contribution is 5.77. The van der Waals surface area contributed by atoms with Gasteiger partial charge in [-0.15, -0.1) is 0 Å². The van der Waals surface area contributed by atoms with Crippen molar-refractivity contribution in [1.82, 2.24) is 19.9 Å². The molecule has 1 aromatic carbocycles. The molecule has 1 N–H and O–H groups in total. The fourth-order valence-electron chi connectivity index (χ4n) is 2.38. The molecule has 0 radical (unpaired) electrons. The SMILES string of the molecule is C=C(c1ccc(C(F)(F)F)cc1)c1cc(-c2cc(=O)[nH]c(C)n2)ncn1. The number of halogens is 3. The van der Waals surface area contributed by atoms with Gasteiger partial charge < -0.3 is 4.98 Å². The summed E-state index contributed by atoms with van der Waals surface area (Å²) in [4.78, 5) is 26.6. The third kappa shape index (κ3) is 3.69. The van der Waals surface area contributed by atoms with Crippen molar-refractivity contribution in [2.75, 3.05) is 0 Å². The molecule has 0 unspecified atom stereocenters. The van der Waals surface area contributed by atoms with Gasteiger partial charge in [0, 0.05) is 11.6 Å². The Hall–Kier alpha value is -3.29. The molecule has 3 aromatic rings. The second kappa shape index (κ2) is 6.55. The summed E-state index contributed by atoms with van der Waals surface area (Å²) < 4.78 is 38.0. The molecule has 0 aliphatic carbocycles. The maximum atomic E-state index is 12.7. The van der Waals surface area contributed by atoms with Crippen molar-refractivity contribution < 1.29 is 13.2 Å². The first-order valence-corrected chi connectivity index (χ1v) is 7.51. The largest absolute Gasteiger partial charge is 0.416 e. The minimum absolute atomic E-state index is 0.311. The maximum Gasteiger partial charge on any atom is 0.416 e. The van der Waals surface area contributed by atoms with E-state index in [2.05, 4.69) is 26.5 Å². The summed E-state index contributed by atoms with van der Waals surface area (Å²) in [6.07, 6.45) is -3.11. The van der Waals surface area contributed by atoms with Gasteiger partial charge in [-0.25, -0.2) is 15.0 Å². The molecular formula is C18H13F3N4O. The summed E-state index contributed by atoms with van der Waals surface area (Å²) in [5.74, 6) is 0.439. The van der Waals surface area contributed by atoms with Gasteiger partial charge in [0.25, 0.3) is 5.56 Å². The molecule has 5 nitrogen and oxygen atoms in total. The fourth-order valence-corrected chi connectivity index (χ4v) is 2.38. The van der Waals surface area contributed by atoms with E-state index in [-0.39, 0.29) is 5.56 Å². The van der Waals surface area contributed by atoms with Crippen molar-refractivity contribution in [3.05, 3.63) is 82.3 Å². The number of aromatic amines is 1. The van der Waals surface area contributed by atoms with Gasteiger partial charge in [-0.05, 0) is 30.7 Å². The first kappa shape index (κ1) is 17.5. The van der Waals surface area contributed by atoms with Crippen molar-refractivity contribution in [1.29, 1.82) is 0 Å². The zero-order chi connectivity index (χ0) is 18.9. The molecule has 0 atom stereocenters. The third-order valence-electron chi connectivity index (χ3n) is 3.66. The minimum Gasteiger partial charge on any atom is -0.311 e. The summed E-state index contributed by atoms with van der Waals surface area (Å²) in [7, 11) is 0. The van der Waals surface area contributed by atoms with Gasteiger partial charge in [-0.1, -0.05) is 18.7 Å². The predicted molar refractivity (Wildman–Crippen MR) is 90.2 cm³/mol. The molecule has 0 fully saturated rings. The molecule has 2 heterocycles. The minimum atomic E-state index is -4.40. The summed E-state index contributed by atoms with van der Waals surface area (Å²) in [5, 5.41) is 0. The molecule has 132 valence electrons. The van der Waals surface area contributed by atoms with E-state index in [1.54, 1.807) is 13.0 Å². The van der Waals surface area contributed by atoms with Gasteiger partial charge in [-0.3, -0.25) is 4.79 Å². The number of aromatic nitrogens is 4. The Morgan fingerprint density at radius 2 is 1.77 bits per heavy atom. The van der Waals surface area contributed by atoms with Crippen LogP contribution in [0.25, 0.3) is 17.0 Å². The van der Waals surface area contributed by atoms with Crippen molar-refractivity contribution >= 4 is 5.57 Å². The standard InChI is InChI=1S/C18H13F3N4O/c1-10(12-3-5-13(6-4-12)18(19,20)21)14-7-15(23-9-22-14)16-8-17(26)25-11(2)24-16/h3-9H,1H2,2H3,(H,24,25,26). The Morgan fingerprint density at radius 3 is 2.38 bits per heavy atom. The number of nitrogens with one attached hydrogen (secondary N) is 1. The van der Waals surface area contributed by atoms with Crippen molar-refractivity contribution in [2.45, 2.75) is 13.1 Å². The second-order valence-electron chi connectivity index (χ2n) is 5.56. The molecule has 0 aliphatic rings. The van der Waals surface area contributed by atoms with Crippen LogP contribution < -0.4 is 5.56 Å². The zero-order valence-electron chi connectivity index (χ0n) is 13.6. The average Bonchev–Trinajstić information content (AvgIpc) is 2.60. The van der Waals surface area contributed by atoms with Gasteiger partial charge in [0.2, 0.25) is 0 Å². The van der Waals surface area contributed by atoms with Crippen LogP contribution in [0.4, 0.5) is 13.2 Å². The van der Waals surface area contributed by atoms with Crippen LogP contribution in [-0.2, 0) is 6.18 Å². The molecule has 2 aromatic heterocycles. The van der Waals surface area contributed by atoms with Gasteiger partial charge in [-0.2, -0.15) is 13.2 Å². The van der Waals surface area contributed by atoms with Gasteiger partial charge in [0.1, 0.15) is 12.2 Å². The Balaban J connectivity index is 1.95. The number of aryl methyl sites for hydroxylation is 1. The lowest BCUT2D eigenvalue weighted by atomic mass is 10.0. The van der Waals surface area contributed by atoms with Crippen molar-refractivity contribution in [3.8, 4) is 11.4 Å². The lowest BCUT2D eigenvalue weighted by molar-refractivity contribution is -0.137. The molecule has 0 saturated carbocycles. The molecule has 0 aliphatic heterocycles. The number of benzene rings is 1. The smallest absolute Gasteiger partial charge is 0.311 e. The first-order valence-electron chi connectivity index (χ1n) is 7.51. The number of rotatable bonds is 3. The molecule has 26 heavy (non-hydrogen) atoms. The number of hydrogen-bond donors (Lipinski definition) is 1. The van der Waals surface area contributed by atoms with Crippen LogP contribution in [0.5, 0.6) is 0 Å². The lowest BCUT2D eigenvalue weighted by Crippen LogP contribution is -2.09. The van der Waals surface area contributed by atoms with E-state index in [1.165, 1.54) is 24.5 Å². The van der Waals surface area contributed by atoms with E-state index in [0.717, 1.165) is 12.1 Å². The van der Waals surface area contributed by atoms with Gasteiger partial charge in [0.15, 0.2) is 0 Å². The Labute approximate surface area is 146 Å². The molecule has 8 heteroatoms. The molecule has 0 spiro atoms. The van der Waals surface area contributed by atoms with E-state index in [1.807, 2.05) is 0 Å². The Kier molecular flexibility index (Phi) is 4.41. The Morgan fingerprint density at radius 1 is 1.08 bits per heavy atom. The topological polar surface area (TPSA) is 71.5 Å². The van der Waals surface area contributed by atoms with E-state index in [9.17, 15) is 18.0 Å². The number of alkyl halides is 3. The summed E-state index contributed by atoms with van der Waals surface area (Å²) in [6, 6.07) is 7.54. The van der Waals surface area contributed by atoms with Crippen LogP contribution in [-0.4, -0.2) is 19.9 Å². The van der Waals surface area contributed by atoms with Crippen LogP contribution in [0.15, 0.2) is 54.1 Å². The third-order valence-corrected chi connectivity index (χ3v) is 3.66. The zero-order valence-corrected chi connectivity index (χ0v) is 13.6. The lowest BCUT2D eigenvalue weighted by Gasteiger charge is -2.10. The molecule has 3 rings (SSSR count). The van der Waals surface area contributed by atoms with E-state index in [0.29, 0.717) is 34.0 Å². The van der Waals surface area contributed by atoms with Crippen LogP contribution in [0.1, 0.15) is 22.6 Å². The number of hydrogen-bond acceptors (Lipinski definition) is 4. The van der Waals surface area contributed by atoms with Crippen LogP contribution >= 0.6 is 0 Å². The highest BCUT2D eigenvalue weighted by Gasteiger charge is 2.30. The van der Waals surface area contributed by atoms with Crippen LogP contribution in [0.2, 0.25) is 0 Å². The van der Waals surface area contributed by atoms with Crippen molar-refractivity contribution in [3.63, 3.8) is 0 Å². The first-order chi connectivity index (χ1) is 12.2. The maximum absolute atomic E-state index is 12.7. The van der Waals surface area contributed by atoms with E-state index in [4.69, 9.17) is 0 Å². The van der Waals surface area contributed by atoms with Crippen molar-refractivity contribution in [2.24, 2.45) is 0 Å². The average molecular weight is 358 g/mol. The number of nitrogens with zero attached hydrogens (tertiary/aromatic N) is 3. The van der Waals surface area contributed by atoms with Gasteiger partial charge in [0.05, 0.1) is 22.6 Å².